The first-order chi connectivity index (χ1) is 16.1. The molecule has 1 fully saturated rings. The summed E-state index contributed by atoms with van der Waals surface area (Å²) in [5.74, 6) is 0.906. The Morgan fingerprint density at radius 2 is 1.97 bits per heavy atom. The van der Waals surface area contributed by atoms with Crippen LogP contribution in [0.15, 0.2) is 36.5 Å². The highest BCUT2D eigenvalue weighted by Gasteiger charge is 2.27. The average Bonchev–Trinajstić information content (AvgIpc) is 2.95. The molecule has 178 valence electrons. The van der Waals surface area contributed by atoms with Gasteiger partial charge in [-0.15, -0.1) is 0 Å². The lowest BCUT2D eigenvalue weighted by molar-refractivity contribution is 0.0906. The van der Waals surface area contributed by atoms with E-state index in [1.807, 2.05) is 50.1 Å². The normalized spacial score (nSPS) is 17.7. The third-order valence-electron chi connectivity index (χ3n) is 6.38. The minimum atomic E-state index is -0.171. The van der Waals surface area contributed by atoms with Crippen LogP contribution in [0.25, 0.3) is 10.6 Å². The summed E-state index contributed by atoms with van der Waals surface area (Å²) >= 11 is 10.1. The molecular formula is C27H34BrClN2O2. The summed E-state index contributed by atoms with van der Waals surface area (Å²) in [7, 11) is 0. The second-order valence-corrected chi connectivity index (χ2v) is 9.61. The number of hydrogen-bond acceptors (Lipinski definition) is 3. The lowest BCUT2D eigenvalue weighted by Gasteiger charge is -2.31. The van der Waals surface area contributed by atoms with E-state index in [0.717, 1.165) is 65.1 Å². The van der Waals surface area contributed by atoms with Crippen LogP contribution >= 0.6 is 27.5 Å². The molecule has 1 saturated heterocycles. The van der Waals surface area contributed by atoms with Gasteiger partial charge in [0.2, 0.25) is 0 Å². The largest absolute Gasteiger partial charge is 0.450 e. The number of rotatable bonds is 5. The van der Waals surface area contributed by atoms with Crippen molar-refractivity contribution in [1.29, 1.82) is 0 Å². The van der Waals surface area contributed by atoms with Crippen molar-refractivity contribution in [3.05, 3.63) is 63.9 Å². The van der Waals surface area contributed by atoms with Crippen molar-refractivity contribution in [3.63, 3.8) is 0 Å². The zero-order valence-electron chi connectivity index (χ0n) is 19.8. The quantitative estimate of drug-likeness (QED) is 0.389. The second-order valence-electron chi connectivity index (χ2n) is 8.31. The number of fused-ring (bicyclic) bond motifs is 2. The van der Waals surface area contributed by atoms with Gasteiger partial charge in [-0.25, -0.2) is 4.79 Å². The molecule has 33 heavy (non-hydrogen) atoms. The number of benzene rings is 1. The maximum atomic E-state index is 11.9. The summed E-state index contributed by atoms with van der Waals surface area (Å²) in [6.45, 7) is 7.89. The average molecular weight is 534 g/mol. The highest BCUT2D eigenvalue weighted by atomic mass is 79.9. The van der Waals surface area contributed by atoms with E-state index in [4.69, 9.17) is 21.3 Å². The van der Waals surface area contributed by atoms with Crippen LogP contribution in [0, 0.1) is 5.92 Å². The van der Waals surface area contributed by atoms with Crippen LogP contribution in [0.3, 0.4) is 0 Å². The van der Waals surface area contributed by atoms with Gasteiger partial charge in [0.1, 0.15) is 0 Å². The Morgan fingerprint density at radius 1 is 1.21 bits per heavy atom. The van der Waals surface area contributed by atoms with Crippen LogP contribution in [-0.4, -0.2) is 35.7 Å². The zero-order valence-corrected chi connectivity index (χ0v) is 22.2. The smallest absolute Gasteiger partial charge is 0.409 e. The molecule has 1 aliphatic carbocycles. The topological polar surface area (TPSA) is 42.4 Å². The number of pyridine rings is 1. The Balaban J connectivity index is 0.00000149. The summed E-state index contributed by atoms with van der Waals surface area (Å²) < 4.78 is 6.18. The fourth-order valence-corrected chi connectivity index (χ4v) is 5.53. The number of halogens is 2. The van der Waals surface area contributed by atoms with E-state index in [9.17, 15) is 4.79 Å². The molecule has 1 unspecified atom stereocenters. The van der Waals surface area contributed by atoms with Crippen LogP contribution < -0.4 is 0 Å². The summed E-state index contributed by atoms with van der Waals surface area (Å²) in [4.78, 5) is 18.5. The van der Waals surface area contributed by atoms with Gasteiger partial charge in [0.15, 0.2) is 0 Å². The minimum absolute atomic E-state index is 0.171. The molecule has 0 bridgehead atoms. The summed E-state index contributed by atoms with van der Waals surface area (Å²) in [5, 5.41) is 0.751. The molecule has 2 aliphatic rings. The van der Waals surface area contributed by atoms with Crippen molar-refractivity contribution >= 4 is 44.2 Å². The van der Waals surface area contributed by atoms with E-state index in [-0.39, 0.29) is 12.0 Å². The molecule has 0 radical (unpaired) electrons. The van der Waals surface area contributed by atoms with E-state index in [1.165, 1.54) is 12.0 Å². The highest BCUT2D eigenvalue weighted by molar-refractivity contribution is 9.15. The first-order valence-corrected chi connectivity index (χ1v) is 13.3. The molecule has 2 heterocycles. The first-order valence-electron chi connectivity index (χ1n) is 12.1. The molecule has 4 nitrogen and oxygen atoms in total. The SMILES string of the molecule is CC.CCOC(=O)N1CCC(CCCC2c3ccc(Cl)cc3C=C(Br)c3cccnc32)CC1. The van der Waals surface area contributed by atoms with Gasteiger partial charge >= 0.3 is 6.09 Å². The summed E-state index contributed by atoms with van der Waals surface area (Å²) in [6, 6.07) is 10.3. The highest BCUT2D eigenvalue weighted by Crippen LogP contribution is 2.42. The molecular weight excluding hydrogens is 500 g/mol. The van der Waals surface area contributed by atoms with Crippen LogP contribution in [0.4, 0.5) is 4.79 Å². The minimum Gasteiger partial charge on any atom is -0.450 e. The Kier molecular flexibility index (Phi) is 9.81. The van der Waals surface area contributed by atoms with E-state index >= 15 is 0 Å². The van der Waals surface area contributed by atoms with Gasteiger partial charge in [-0.2, -0.15) is 0 Å². The van der Waals surface area contributed by atoms with Gasteiger partial charge in [0.05, 0.1) is 12.3 Å². The van der Waals surface area contributed by atoms with E-state index in [0.29, 0.717) is 12.5 Å². The number of nitrogens with zero attached hydrogens (tertiary/aromatic N) is 2. The van der Waals surface area contributed by atoms with Crippen molar-refractivity contribution in [2.75, 3.05) is 19.7 Å². The molecule has 1 aromatic carbocycles. The molecule has 0 N–H and O–H groups in total. The Hall–Kier alpha value is -1.85. The molecule has 4 rings (SSSR count). The van der Waals surface area contributed by atoms with Crippen molar-refractivity contribution in [2.24, 2.45) is 5.92 Å². The Bertz CT molecular complexity index is 970. The number of aromatic nitrogens is 1. The number of carbonyl (C=O) groups excluding carboxylic acids is 1. The maximum Gasteiger partial charge on any atom is 0.409 e. The molecule has 2 aromatic rings. The van der Waals surface area contributed by atoms with Gasteiger partial charge in [-0.3, -0.25) is 4.98 Å². The fraction of sp³-hybridized carbons (Fsp3) is 0.481. The van der Waals surface area contributed by atoms with Crippen molar-refractivity contribution in [1.82, 2.24) is 9.88 Å². The number of piperidine rings is 1. The van der Waals surface area contributed by atoms with Crippen LogP contribution in [0.5, 0.6) is 0 Å². The Morgan fingerprint density at radius 3 is 2.70 bits per heavy atom. The number of likely N-dealkylation sites (tertiary alicyclic amines) is 1. The maximum absolute atomic E-state index is 11.9. The van der Waals surface area contributed by atoms with Crippen molar-refractivity contribution < 1.29 is 9.53 Å². The summed E-state index contributed by atoms with van der Waals surface area (Å²) in [5.41, 5.74) is 4.73. The first kappa shape index (κ1) is 25.8. The second kappa shape index (κ2) is 12.6. The number of hydrogen-bond donors (Lipinski definition) is 0. The number of amides is 1. The van der Waals surface area contributed by atoms with Gasteiger partial charge in [-0.1, -0.05) is 66.4 Å². The summed E-state index contributed by atoms with van der Waals surface area (Å²) in [6.07, 6.45) is 9.33. The molecule has 0 spiro atoms. The van der Waals surface area contributed by atoms with E-state index < -0.39 is 0 Å². The molecule has 1 amide bonds. The van der Waals surface area contributed by atoms with Crippen molar-refractivity contribution in [3.8, 4) is 0 Å². The van der Waals surface area contributed by atoms with Crippen LogP contribution in [-0.2, 0) is 4.74 Å². The zero-order chi connectivity index (χ0) is 23.8. The molecule has 0 saturated carbocycles. The van der Waals surface area contributed by atoms with Crippen molar-refractivity contribution in [2.45, 2.75) is 58.8 Å². The van der Waals surface area contributed by atoms with Crippen LogP contribution in [0.1, 0.15) is 81.2 Å². The Labute approximate surface area is 211 Å². The van der Waals surface area contributed by atoms with E-state index in [1.54, 1.807) is 0 Å². The molecule has 1 aromatic heterocycles. The predicted octanol–water partition coefficient (Wildman–Crippen LogP) is 8.14. The van der Waals surface area contributed by atoms with Gasteiger partial charge < -0.3 is 9.64 Å². The number of carbonyl (C=O) groups is 1. The third kappa shape index (κ3) is 6.39. The van der Waals surface area contributed by atoms with Gasteiger partial charge in [-0.05, 0) is 67.5 Å². The van der Waals surface area contributed by atoms with Gasteiger partial charge in [0.25, 0.3) is 0 Å². The van der Waals surface area contributed by atoms with E-state index in [2.05, 4.69) is 34.1 Å². The van der Waals surface area contributed by atoms with Gasteiger partial charge in [0, 0.05) is 40.3 Å². The lowest BCUT2D eigenvalue weighted by Crippen LogP contribution is -2.38. The predicted molar refractivity (Wildman–Crippen MR) is 141 cm³/mol. The molecule has 6 heteroatoms. The molecule has 1 aliphatic heterocycles. The fourth-order valence-electron chi connectivity index (χ4n) is 4.77. The number of ether oxygens (including phenoxy) is 1. The van der Waals surface area contributed by atoms with Crippen LogP contribution in [0.2, 0.25) is 5.02 Å². The monoisotopic (exact) mass is 532 g/mol. The third-order valence-corrected chi connectivity index (χ3v) is 7.27. The standard InChI is InChI=1S/C25H28BrClN2O2.C2H6/c1-2-31-25(30)29-13-10-17(11-14-29)5-3-6-21-20-9-8-19(27)15-18(20)16-23(26)22-7-4-12-28-24(21)22;1-2/h4,7-9,12,15-17,21H,2-3,5-6,10-11,13-14H2,1H3;1-2H3. The molecule has 1 atom stereocenters. The lowest BCUT2D eigenvalue weighted by atomic mass is 9.84.